The van der Waals surface area contributed by atoms with E-state index in [9.17, 15) is 0 Å². The van der Waals surface area contributed by atoms with Gasteiger partial charge in [0.2, 0.25) is 0 Å². The molecule has 2 N–H and O–H groups in total. The van der Waals surface area contributed by atoms with Crippen molar-refractivity contribution >= 4 is 15.9 Å². The minimum atomic E-state index is 0.0983. The van der Waals surface area contributed by atoms with Gasteiger partial charge in [-0.05, 0) is 37.5 Å². The van der Waals surface area contributed by atoms with Gasteiger partial charge in [0, 0.05) is 30.3 Å². The summed E-state index contributed by atoms with van der Waals surface area (Å²) in [5.41, 5.74) is 1.25. The summed E-state index contributed by atoms with van der Waals surface area (Å²) < 4.78 is 6.17. The average molecular weight is 316 g/mol. The van der Waals surface area contributed by atoms with Crippen molar-refractivity contribution in [1.82, 2.24) is 5.32 Å². The van der Waals surface area contributed by atoms with Gasteiger partial charge in [0.25, 0.3) is 0 Å². The molecular weight excluding hydrogens is 294 g/mol. The Labute approximate surface area is 118 Å². The van der Waals surface area contributed by atoms with Gasteiger partial charge in [-0.25, -0.2) is 0 Å². The molecule has 0 radical (unpaired) electrons. The molecule has 0 aromatic heterocycles. The predicted molar refractivity (Wildman–Crippen MR) is 77.7 cm³/mol. The zero-order valence-electron chi connectivity index (χ0n) is 11.0. The van der Waals surface area contributed by atoms with Crippen LogP contribution < -0.4 is 5.32 Å². The fourth-order valence-corrected chi connectivity index (χ4v) is 2.13. The minimum absolute atomic E-state index is 0.0983. The smallest absolute Gasteiger partial charge is 0.0582 e. The highest BCUT2D eigenvalue weighted by molar-refractivity contribution is 9.10. The van der Waals surface area contributed by atoms with Crippen molar-refractivity contribution in [2.24, 2.45) is 0 Å². The van der Waals surface area contributed by atoms with Gasteiger partial charge in [-0.2, -0.15) is 0 Å². The summed E-state index contributed by atoms with van der Waals surface area (Å²) in [6.45, 7) is 2.90. The van der Waals surface area contributed by atoms with Crippen LogP contribution in [0.25, 0.3) is 0 Å². The monoisotopic (exact) mass is 315 g/mol. The molecule has 18 heavy (non-hydrogen) atoms. The van der Waals surface area contributed by atoms with Crippen LogP contribution in [0.5, 0.6) is 0 Å². The number of ether oxygens (including phenoxy) is 1. The van der Waals surface area contributed by atoms with Gasteiger partial charge in [-0.3, -0.25) is 0 Å². The van der Waals surface area contributed by atoms with Gasteiger partial charge in [0.1, 0.15) is 0 Å². The first-order valence-corrected chi connectivity index (χ1v) is 7.08. The van der Waals surface area contributed by atoms with Crippen LogP contribution in [0, 0.1) is 0 Å². The molecule has 0 spiro atoms. The number of nitrogens with one attached hydrogen (secondary N) is 1. The summed E-state index contributed by atoms with van der Waals surface area (Å²) in [6, 6.07) is 8.67. The quantitative estimate of drug-likeness (QED) is 0.725. The van der Waals surface area contributed by atoms with E-state index in [1.54, 1.807) is 7.11 Å². The van der Waals surface area contributed by atoms with Gasteiger partial charge >= 0.3 is 0 Å². The van der Waals surface area contributed by atoms with Gasteiger partial charge < -0.3 is 15.2 Å². The molecule has 102 valence electrons. The Morgan fingerprint density at radius 3 is 2.56 bits per heavy atom. The van der Waals surface area contributed by atoms with E-state index in [1.165, 1.54) is 5.56 Å². The van der Waals surface area contributed by atoms with E-state index in [0.717, 1.165) is 23.9 Å². The largest absolute Gasteiger partial charge is 0.395 e. The fraction of sp³-hybridized carbons (Fsp3) is 0.571. The minimum Gasteiger partial charge on any atom is -0.395 e. The van der Waals surface area contributed by atoms with Crippen LogP contribution in [0.4, 0.5) is 0 Å². The van der Waals surface area contributed by atoms with Crippen LogP contribution in [0.2, 0.25) is 0 Å². The Morgan fingerprint density at radius 2 is 2.00 bits per heavy atom. The third kappa shape index (κ3) is 5.48. The standard InChI is InChI=1S/C14H22BrNO2/c1-11(10-17)16-14(4-3-9-18-2)12-5-7-13(15)8-6-12/h5-8,11,14,16-17H,3-4,9-10H2,1-2H3/t11-,14?/m1/s1. The van der Waals surface area contributed by atoms with Crippen molar-refractivity contribution in [1.29, 1.82) is 0 Å². The van der Waals surface area contributed by atoms with Crippen molar-refractivity contribution in [2.45, 2.75) is 31.8 Å². The lowest BCUT2D eigenvalue weighted by molar-refractivity contribution is 0.184. The van der Waals surface area contributed by atoms with Crippen molar-refractivity contribution in [3.63, 3.8) is 0 Å². The highest BCUT2D eigenvalue weighted by Gasteiger charge is 2.13. The highest BCUT2D eigenvalue weighted by atomic mass is 79.9. The maximum absolute atomic E-state index is 9.15. The molecule has 1 aromatic carbocycles. The highest BCUT2D eigenvalue weighted by Crippen LogP contribution is 2.21. The Bertz CT molecular complexity index is 329. The molecule has 0 amide bonds. The molecule has 1 aromatic rings. The Kier molecular flexibility index (Phi) is 7.51. The number of aliphatic hydroxyl groups is 1. The molecule has 0 bridgehead atoms. The first-order valence-electron chi connectivity index (χ1n) is 6.28. The molecule has 2 atom stereocenters. The molecule has 0 saturated carbocycles. The number of hydrogen-bond donors (Lipinski definition) is 2. The lowest BCUT2D eigenvalue weighted by atomic mass is 10.0. The molecule has 1 unspecified atom stereocenters. The van der Waals surface area contributed by atoms with E-state index in [2.05, 4.69) is 33.4 Å². The van der Waals surface area contributed by atoms with Gasteiger partial charge in [0.15, 0.2) is 0 Å². The third-order valence-corrected chi connectivity index (χ3v) is 3.40. The molecule has 0 aliphatic carbocycles. The van der Waals surface area contributed by atoms with E-state index in [0.29, 0.717) is 0 Å². The van der Waals surface area contributed by atoms with Crippen LogP contribution in [0.3, 0.4) is 0 Å². The summed E-state index contributed by atoms with van der Waals surface area (Å²) in [5.74, 6) is 0. The lowest BCUT2D eigenvalue weighted by Crippen LogP contribution is -2.33. The van der Waals surface area contributed by atoms with E-state index in [1.807, 2.05) is 19.1 Å². The first-order chi connectivity index (χ1) is 8.67. The lowest BCUT2D eigenvalue weighted by Gasteiger charge is -2.23. The summed E-state index contributed by atoms with van der Waals surface area (Å²) >= 11 is 3.44. The molecule has 0 aliphatic rings. The molecule has 0 aliphatic heterocycles. The topological polar surface area (TPSA) is 41.5 Å². The van der Waals surface area contributed by atoms with Gasteiger partial charge in [0.05, 0.1) is 6.61 Å². The summed E-state index contributed by atoms with van der Waals surface area (Å²) in [7, 11) is 1.72. The maximum atomic E-state index is 9.15. The number of hydrogen-bond acceptors (Lipinski definition) is 3. The van der Waals surface area contributed by atoms with Crippen LogP contribution >= 0.6 is 15.9 Å². The van der Waals surface area contributed by atoms with Crippen LogP contribution in [-0.4, -0.2) is 31.5 Å². The zero-order valence-corrected chi connectivity index (χ0v) is 12.6. The first kappa shape index (κ1) is 15.6. The van der Waals surface area contributed by atoms with Gasteiger partial charge in [-0.15, -0.1) is 0 Å². The molecule has 1 rings (SSSR count). The van der Waals surface area contributed by atoms with Crippen LogP contribution in [-0.2, 0) is 4.74 Å². The molecular formula is C14H22BrNO2. The Hall–Kier alpha value is -0.420. The van der Waals surface area contributed by atoms with Crippen molar-refractivity contribution in [3.8, 4) is 0 Å². The SMILES string of the molecule is COCCCC(N[C@H](C)CO)c1ccc(Br)cc1. The normalized spacial score (nSPS) is 14.4. The summed E-state index contributed by atoms with van der Waals surface area (Å²) in [5, 5.41) is 12.6. The number of halogens is 1. The number of benzene rings is 1. The van der Waals surface area contributed by atoms with Gasteiger partial charge in [-0.1, -0.05) is 28.1 Å². The number of methoxy groups -OCH3 is 1. The second-order valence-corrected chi connectivity index (χ2v) is 5.41. The van der Waals surface area contributed by atoms with E-state index >= 15 is 0 Å². The molecule has 0 heterocycles. The summed E-state index contributed by atoms with van der Waals surface area (Å²) in [6.07, 6.45) is 2.00. The molecule has 0 fully saturated rings. The van der Waals surface area contributed by atoms with Crippen molar-refractivity contribution in [3.05, 3.63) is 34.3 Å². The average Bonchev–Trinajstić information content (AvgIpc) is 2.38. The van der Waals surface area contributed by atoms with E-state index in [-0.39, 0.29) is 18.7 Å². The predicted octanol–water partition coefficient (Wildman–Crippen LogP) is 2.89. The van der Waals surface area contributed by atoms with Crippen LogP contribution in [0.1, 0.15) is 31.4 Å². The second kappa shape index (κ2) is 8.64. The van der Waals surface area contributed by atoms with Crippen molar-refractivity contribution < 1.29 is 9.84 Å². The fourth-order valence-electron chi connectivity index (χ4n) is 1.87. The second-order valence-electron chi connectivity index (χ2n) is 4.49. The third-order valence-electron chi connectivity index (χ3n) is 2.87. The Balaban J connectivity index is 2.66. The van der Waals surface area contributed by atoms with Crippen molar-refractivity contribution in [2.75, 3.05) is 20.3 Å². The molecule has 4 heteroatoms. The maximum Gasteiger partial charge on any atom is 0.0582 e. The van der Waals surface area contributed by atoms with E-state index in [4.69, 9.17) is 9.84 Å². The Morgan fingerprint density at radius 1 is 1.33 bits per heavy atom. The summed E-state index contributed by atoms with van der Waals surface area (Å²) in [4.78, 5) is 0. The number of rotatable bonds is 8. The van der Waals surface area contributed by atoms with Crippen LogP contribution in [0.15, 0.2) is 28.7 Å². The zero-order chi connectivity index (χ0) is 13.4. The molecule has 3 nitrogen and oxygen atoms in total. The number of aliphatic hydroxyl groups excluding tert-OH is 1. The van der Waals surface area contributed by atoms with E-state index < -0.39 is 0 Å². The molecule has 0 saturated heterocycles.